The molecule has 3 nitrogen and oxygen atoms in total. The Morgan fingerprint density at radius 3 is 3.10 bits per heavy atom. The molecule has 0 radical (unpaired) electrons. The van der Waals surface area contributed by atoms with Gasteiger partial charge in [-0.05, 0) is 37.6 Å². The van der Waals surface area contributed by atoms with Crippen LogP contribution >= 0.6 is 0 Å². The summed E-state index contributed by atoms with van der Waals surface area (Å²) in [5.41, 5.74) is 2.34. The highest BCUT2D eigenvalue weighted by Crippen LogP contribution is 2.37. The van der Waals surface area contributed by atoms with Crippen LogP contribution in [0.1, 0.15) is 36.4 Å². The van der Waals surface area contributed by atoms with E-state index < -0.39 is 0 Å². The summed E-state index contributed by atoms with van der Waals surface area (Å²) >= 11 is 0. The lowest BCUT2D eigenvalue weighted by Gasteiger charge is -2.33. The fourth-order valence-electron chi connectivity index (χ4n) is 3.20. The third-order valence-corrected chi connectivity index (χ3v) is 4.22. The summed E-state index contributed by atoms with van der Waals surface area (Å²) in [6, 6.07) is 7.00. The van der Waals surface area contributed by atoms with Crippen LogP contribution < -0.4 is 5.32 Å². The lowest BCUT2D eigenvalue weighted by atomic mass is 9.79. The van der Waals surface area contributed by atoms with Gasteiger partial charge in [-0.2, -0.15) is 0 Å². The van der Waals surface area contributed by atoms with Gasteiger partial charge in [-0.3, -0.25) is 0 Å². The van der Waals surface area contributed by atoms with E-state index >= 15 is 0 Å². The van der Waals surface area contributed by atoms with Gasteiger partial charge in [0.1, 0.15) is 5.82 Å². The quantitative estimate of drug-likeness (QED) is 0.932. The van der Waals surface area contributed by atoms with Crippen molar-refractivity contribution in [1.82, 2.24) is 14.9 Å². The number of aromatic nitrogens is 2. The molecule has 2 atom stereocenters. The molecule has 0 spiro atoms. The number of rotatable bonds is 3. The molecule has 3 rings (SSSR count). The number of hydrogen-bond acceptors (Lipinski definition) is 2. The Morgan fingerprint density at radius 2 is 2.30 bits per heavy atom. The number of nitrogens with one attached hydrogen (secondary N) is 1. The Labute approximate surface area is 118 Å². The largest absolute Gasteiger partial charge is 0.335 e. The molecular weight excluding hydrogens is 253 g/mol. The first-order chi connectivity index (χ1) is 9.79. The van der Waals surface area contributed by atoms with E-state index in [4.69, 9.17) is 0 Å². The smallest absolute Gasteiger partial charge is 0.123 e. The Morgan fingerprint density at radius 1 is 1.40 bits per heavy atom. The minimum absolute atomic E-state index is 0.157. The molecule has 0 amide bonds. The summed E-state index contributed by atoms with van der Waals surface area (Å²) in [5, 5.41) is 3.43. The van der Waals surface area contributed by atoms with Crippen LogP contribution in [0, 0.1) is 5.82 Å². The third-order valence-electron chi connectivity index (χ3n) is 4.22. The molecule has 1 saturated heterocycles. The van der Waals surface area contributed by atoms with Crippen molar-refractivity contribution in [2.75, 3.05) is 13.1 Å². The maximum Gasteiger partial charge on any atom is 0.123 e. The molecule has 20 heavy (non-hydrogen) atoms. The van der Waals surface area contributed by atoms with Gasteiger partial charge < -0.3 is 9.88 Å². The zero-order valence-corrected chi connectivity index (χ0v) is 11.7. The molecule has 0 aliphatic carbocycles. The number of imidazole rings is 1. The lowest BCUT2D eigenvalue weighted by molar-refractivity contribution is 0.387. The lowest BCUT2D eigenvalue weighted by Crippen LogP contribution is -2.34. The van der Waals surface area contributed by atoms with Crippen molar-refractivity contribution < 1.29 is 4.39 Å². The molecule has 1 N–H and O–H groups in total. The van der Waals surface area contributed by atoms with E-state index in [-0.39, 0.29) is 5.82 Å². The topological polar surface area (TPSA) is 29.9 Å². The molecule has 106 valence electrons. The molecule has 1 aliphatic rings. The minimum atomic E-state index is -0.157. The van der Waals surface area contributed by atoms with E-state index in [1.807, 2.05) is 18.6 Å². The van der Waals surface area contributed by atoms with Gasteiger partial charge in [0.15, 0.2) is 0 Å². The monoisotopic (exact) mass is 273 g/mol. The highest BCUT2D eigenvalue weighted by molar-refractivity contribution is 5.27. The van der Waals surface area contributed by atoms with Crippen LogP contribution in [0.3, 0.4) is 0 Å². The fraction of sp³-hybridized carbons (Fsp3) is 0.438. The highest BCUT2D eigenvalue weighted by Gasteiger charge is 2.29. The third kappa shape index (κ3) is 2.48. The summed E-state index contributed by atoms with van der Waals surface area (Å²) in [5.74, 6) is 0.553. The predicted octanol–water partition coefficient (Wildman–Crippen LogP) is 2.90. The Hall–Kier alpha value is -1.68. The molecule has 1 fully saturated rings. The predicted molar refractivity (Wildman–Crippen MR) is 77.3 cm³/mol. The Bertz CT molecular complexity index is 579. The van der Waals surface area contributed by atoms with E-state index in [1.54, 1.807) is 12.1 Å². The van der Waals surface area contributed by atoms with Crippen LogP contribution in [-0.2, 0) is 6.54 Å². The van der Waals surface area contributed by atoms with Crippen LogP contribution in [0.15, 0.2) is 36.8 Å². The van der Waals surface area contributed by atoms with Crippen molar-refractivity contribution in [1.29, 1.82) is 0 Å². The zero-order valence-electron chi connectivity index (χ0n) is 11.7. The second-order valence-electron chi connectivity index (χ2n) is 5.37. The number of benzene rings is 1. The fourth-order valence-corrected chi connectivity index (χ4v) is 3.20. The van der Waals surface area contributed by atoms with E-state index in [0.29, 0.717) is 11.8 Å². The average Bonchev–Trinajstić information content (AvgIpc) is 2.95. The maximum absolute atomic E-state index is 13.5. The average molecular weight is 273 g/mol. The summed E-state index contributed by atoms with van der Waals surface area (Å²) in [6.45, 7) is 4.95. The van der Waals surface area contributed by atoms with Crippen LogP contribution in [0.5, 0.6) is 0 Å². The second kappa shape index (κ2) is 5.75. The first kappa shape index (κ1) is 13.3. The number of aryl methyl sites for hydroxylation is 1. The van der Waals surface area contributed by atoms with Crippen molar-refractivity contribution in [2.24, 2.45) is 0 Å². The summed E-state index contributed by atoms with van der Waals surface area (Å²) < 4.78 is 15.7. The van der Waals surface area contributed by atoms with Crippen LogP contribution in [0.2, 0.25) is 0 Å². The van der Waals surface area contributed by atoms with E-state index in [0.717, 1.165) is 31.6 Å². The molecule has 2 aromatic rings. The number of hydrogen-bond donors (Lipinski definition) is 1. The molecular formula is C16H20FN3. The summed E-state index contributed by atoms with van der Waals surface area (Å²) in [6.07, 6.45) is 4.92. The number of piperidine rings is 1. The van der Waals surface area contributed by atoms with Gasteiger partial charge in [-0.1, -0.05) is 12.1 Å². The zero-order chi connectivity index (χ0) is 13.9. The van der Waals surface area contributed by atoms with Crippen molar-refractivity contribution in [3.05, 3.63) is 53.9 Å². The van der Waals surface area contributed by atoms with Gasteiger partial charge in [0.05, 0.1) is 6.33 Å². The Balaban J connectivity index is 1.95. The van der Waals surface area contributed by atoms with Gasteiger partial charge in [0, 0.05) is 36.8 Å². The first-order valence-corrected chi connectivity index (χ1v) is 7.25. The van der Waals surface area contributed by atoms with Crippen molar-refractivity contribution >= 4 is 0 Å². The molecule has 4 heteroatoms. The SMILES string of the molecule is CCn1cncc1C1CCNCC1c1cccc(F)c1. The van der Waals surface area contributed by atoms with Crippen molar-refractivity contribution in [2.45, 2.75) is 31.7 Å². The minimum Gasteiger partial charge on any atom is -0.335 e. The van der Waals surface area contributed by atoms with E-state index in [1.165, 1.54) is 11.8 Å². The summed E-state index contributed by atoms with van der Waals surface area (Å²) in [4.78, 5) is 4.28. The van der Waals surface area contributed by atoms with Gasteiger partial charge in [-0.25, -0.2) is 9.37 Å². The maximum atomic E-state index is 13.5. The van der Waals surface area contributed by atoms with Crippen molar-refractivity contribution in [3.63, 3.8) is 0 Å². The number of halogens is 1. The standard InChI is InChI=1S/C16H20FN3/c1-2-20-11-19-10-16(20)14-6-7-18-9-15(14)12-4-3-5-13(17)8-12/h3-5,8,10-11,14-15,18H,2,6-7,9H2,1H3. The van der Waals surface area contributed by atoms with Crippen LogP contribution in [0.25, 0.3) is 0 Å². The molecule has 0 bridgehead atoms. The molecule has 2 unspecified atom stereocenters. The molecule has 1 aromatic heterocycles. The van der Waals surface area contributed by atoms with Gasteiger partial charge in [0.2, 0.25) is 0 Å². The molecule has 2 heterocycles. The highest BCUT2D eigenvalue weighted by atomic mass is 19.1. The van der Waals surface area contributed by atoms with E-state index in [9.17, 15) is 4.39 Å². The molecule has 1 aromatic carbocycles. The van der Waals surface area contributed by atoms with Crippen LogP contribution in [0.4, 0.5) is 4.39 Å². The summed E-state index contributed by atoms with van der Waals surface area (Å²) in [7, 11) is 0. The van der Waals surface area contributed by atoms with Gasteiger partial charge >= 0.3 is 0 Å². The van der Waals surface area contributed by atoms with Gasteiger partial charge in [0.25, 0.3) is 0 Å². The van der Waals surface area contributed by atoms with Crippen molar-refractivity contribution in [3.8, 4) is 0 Å². The Kier molecular flexibility index (Phi) is 3.83. The van der Waals surface area contributed by atoms with Gasteiger partial charge in [-0.15, -0.1) is 0 Å². The molecule has 1 aliphatic heterocycles. The molecule has 0 saturated carbocycles. The van der Waals surface area contributed by atoms with E-state index in [2.05, 4.69) is 21.8 Å². The first-order valence-electron chi connectivity index (χ1n) is 7.25. The number of nitrogens with zero attached hydrogens (tertiary/aromatic N) is 2. The normalized spacial score (nSPS) is 22.9. The second-order valence-corrected chi connectivity index (χ2v) is 5.37. The van der Waals surface area contributed by atoms with Crippen LogP contribution in [-0.4, -0.2) is 22.6 Å².